The van der Waals surface area contributed by atoms with Gasteiger partial charge in [0.2, 0.25) is 0 Å². The molecule has 2 atom stereocenters. The second kappa shape index (κ2) is 34.8. The molecule has 47 heavy (non-hydrogen) atoms. The van der Waals surface area contributed by atoms with Crippen molar-refractivity contribution >= 4 is 5.97 Å². The van der Waals surface area contributed by atoms with Crippen molar-refractivity contribution in [3.05, 3.63) is 24.3 Å². The molecule has 0 N–H and O–H groups in total. The highest BCUT2D eigenvalue weighted by Crippen LogP contribution is 2.23. The molecule has 0 saturated carbocycles. The summed E-state index contributed by atoms with van der Waals surface area (Å²) in [7, 11) is 2.27. The standard InChI is InChI=1S/C44H85NO2/c1-8-10-11-12-13-14-15-16-17-18-19-20-21-22-23-26-29-32-42(37-38-45(7)9-2)33-30-27-24-25-28-31-34-44(46)47-39-43(41(5)6)36-35-40(3)4/h13-14,16-17,40-43H,8-12,15,18-39H2,1-7H3/b14-13-,17-16-. The fraction of sp³-hybridized carbons (Fsp3) is 0.886. The molecule has 0 saturated heterocycles. The summed E-state index contributed by atoms with van der Waals surface area (Å²) >= 11 is 0. The van der Waals surface area contributed by atoms with E-state index in [4.69, 9.17) is 4.74 Å². The van der Waals surface area contributed by atoms with E-state index in [0.29, 0.717) is 30.8 Å². The van der Waals surface area contributed by atoms with E-state index in [1.807, 2.05) is 0 Å². The fourth-order valence-electron chi connectivity index (χ4n) is 6.43. The average Bonchev–Trinajstić information content (AvgIpc) is 3.05. The summed E-state index contributed by atoms with van der Waals surface area (Å²) in [5.41, 5.74) is 0. The minimum atomic E-state index is 0.0138. The highest BCUT2D eigenvalue weighted by atomic mass is 16.5. The molecule has 3 heteroatoms. The van der Waals surface area contributed by atoms with E-state index in [1.165, 1.54) is 135 Å². The predicted octanol–water partition coefficient (Wildman–Crippen LogP) is 13.9. The normalized spacial score (nSPS) is 13.6. The molecular weight excluding hydrogens is 574 g/mol. The third-order valence-corrected chi connectivity index (χ3v) is 10.3. The van der Waals surface area contributed by atoms with E-state index in [0.717, 1.165) is 38.1 Å². The van der Waals surface area contributed by atoms with Crippen LogP contribution in [0.1, 0.15) is 202 Å². The number of carbonyl (C=O) groups is 1. The lowest BCUT2D eigenvalue weighted by Gasteiger charge is -2.21. The molecule has 0 bridgehead atoms. The molecule has 0 amide bonds. The topological polar surface area (TPSA) is 29.5 Å². The number of hydrogen-bond acceptors (Lipinski definition) is 3. The molecule has 0 radical (unpaired) electrons. The molecule has 0 fully saturated rings. The van der Waals surface area contributed by atoms with E-state index in [2.05, 4.69) is 77.8 Å². The van der Waals surface area contributed by atoms with E-state index >= 15 is 0 Å². The van der Waals surface area contributed by atoms with Gasteiger partial charge in [-0.15, -0.1) is 0 Å². The summed E-state index contributed by atoms with van der Waals surface area (Å²) in [6, 6.07) is 0. The van der Waals surface area contributed by atoms with Crippen LogP contribution in [0.4, 0.5) is 0 Å². The number of ether oxygens (including phenoxy) is 1. The number of rotatable bonds is 35. The molecule has 278 valence electrons. The van der Waals surface area contributed by atoms with Crippen molar-refractivity contribution in [2.45, 2.75) is 202 Å². The SMILES string of the molecule is CCCCC/C=C\C/C=C\CCCCCCCCCC(CCCCCCCCC(=O)OCC(CCC(C)C)C(C)C)CCN(C)CC. The monoisotopic (exact) mass is 660 g/mol. The van der Waals surface area contributed by atoms with E-state index in [9.17, 15) is 4.79 Å². The van der Waals surface area contributed by atoms with Crippen molar-refractivity contribution in [3.63, 3.8) is 0 Å². The molecule has 0 aliphatic heterocycles. The van der Waals surface area contributed by atoms with Crippen LogP contribution < -0.4 is 0 Å². The van der Waals surface area contributed by atoms with Gasteiger partial charge in [-0.3, -0.25) is 4.79 Å². The van der Waals surface area contributed by atoms with Crippen LogP contribution >= 0.6 is 0 Å². The Labute approximate surface area is 296 Å². The smallest absolute Gasteiger partial charge is 0.305 e. The Morgan fingerprint density at radius 2 is 1.15 bits per heavy atom. The van der Waals surface area contributed by atoms with E-state index < -0.39 is 0 Å². The fourth-order valence-corrected chi connectivity index (χ4v) is 6.43. The Hall–Kier alpha value is -1.09. The Morgan fingerprint density at radius 3 is 1.68 bits per heavy atom. The number of esters is 1. The van der Waals surface area contributed by atoms with Crippen molar-refractivity contribution in [2.75, 3.05) is 26.7 Å². The zero-order valence-corrected chi connectivity index (χ0v) is 33.2. The molecular formula is C44H85NO2. The summed E-state index contributed by atoms with van der Waals surface area (Å²) in [5.74, 6) is 2.69. The minimum absolute atomic E-state index is 0.0138. The van der Waals surface area contributed by atoms with Crippen molar-refractivity contribution in [1.82, 2.24) is 4.90 Å². The van der Waals surface area contributed by atoms with Crippen molar-refractivity contribution < 1.29 is 9.53 Å². The van der Waals surface area contributed by atoms with Gasteiger partial charge >= 0.3 is 5.97 Å². The molecule has 0 heterocycles. The van der Waals surface area contributed by atoms with Crippen LogP contribution in [0.15, 0.2) is 24.3 Å². The van der Waals surface area contributed by atoms with Gasteiger partial charge in [0.1, 0.15) is 0 Å². The summed E-state index contributed by atoms with van der Waals surface area (Å²) in [6.45, 7) is 16.6. The lowest BCUT2D eigenvalue weighted by molar-refractivity contribution is -0.145. The number of carbonyl (C=O) groups excluding carboxylic acids is 1. The van der Waals surface area contributed by atoms with Crippen LogP contribution in [0.2, 0.25) is 0 Å². The predicted molar refractivity (Wildman–Crippen MR) is 210 cm³/mol. The maximum Gasteiger partial charge on any atom is 0.305 e. The molecule has 0 aliphatic rings. The lowest BCUT2D eigenvalue weighted by atomic mass is 9.89. The van der Waals surface area contributed by atoms with Crippen LogP contribution in [0.5, 0.6) is 0 Å². The number of nitrogens with zero attached hydrogens (tertiary/aromatic N) is 1. The second-order valence-electron chi connectivity index (χ2n) is 15.6. The van der Waals surface area contributed by atoms with E-state index in [-0.39, 0.29) is 5.97 Å². The van der Waals surface area contributed by atoms with Gasteiger partial charge in [0.15, 0.2) is 0 Å². The van der Waals surface area contributed by atoms with Crippen LogP contribution in [0, 0.1) is 23.7 Å². The second-order valence-corrected chi connectivity index (χ2v) is 15.6. The van der Waals surface area contributed by atoms with Crippen molar-refractivity contribution in [1.29, 1.82) is 0 Å². The van der Waals surface area contributed by atoms with E-state index in [1.54, 1.807) is 0 Å². The van der Waals surface area contributed by atoms with Gasteiger partial charge in [0.25, 0.3) is 0 Å². The first kappa shape index (κ1) is 45.9. The highest BCUT2D eigenvalue weighted by Gasteiger charge is 2.16. The molecule has 0 aromatic rings. The average molecular weight is 660 g/mol. The van der Waals surface area contributed by atoms with Crippen LogP contribution in [-0.2, 0) is 9.53 Å². The zero-order chi connectivity index (χ0) is 34.8. The van der Waals surface area contributed by atoms with Crippen LogP contribution in [0.3, 0.4) is 0 Å². The summed E-state index contributed by atoms with van der Waals surface area (Å²) in [5, 5.41) is 0. The maximum absolute atomic E-state index is 12.3. The molecule has 0 spiro atoms. The van der Waals surface area contributed by atoms with Crippen molar-refractivity contribution in [3.8, 4) is 0 Å². The summed E-state index contributed by atoms with van der Waals surface area (Å²) in [4.78, 5) is 14.8. The van der Waals surface area contributed by atoms with Gasteiger partial charge in [-0.2, -0.15) is 0 Å². The highest BCUT2D eigenvalue weighted by molar-refractivity contribution is 5.69. The lowest BCUT2D eigenvalue weighted by Crippen LogP contribution is -2.21. The number of hydrogen-bond donors (Lipinski definition) is 0. The third kappa shape index (κ3) is 33.2. The van der Waals surface area contributed by atoms with Gasteiger partial charge in [-0.25, -0.2) is 0 Å². The number of allylic oxidation sites excluding steroid dienone is 4. The van der Waals surface area contributed by atoms with Crippen LogP contribution in [-0.4, -0.2) is 37.6 Å². The molecule has 0 aromatic carbocycles. The van der Waals surface area contributed by atoms with Gasteiger partial charge in [-0.1, -0.05) is 169 Å². The minimum Gasteiger partial charge on any atom is -0.465 e. The number of unbranched alkanes of at least 4 members (excludes halogenated alkanes) is 15. The first-order valence-electron chi connectivity index (χ1n) is 20.9. The van der Waals surface area contributed by atoms with Crippen molar-refractivity contribution in [2.24, 2.45) is 23.7 Å². The van der Waals surface area contributed by atoms with Gasteiger partial charge < -0.3 is 9.64 Å². The first-order valence-corrected chi connectivity index (χ1v) is 20.9. The molecule has 0 rings (SSSR count). The Kier molecular flexibility index (Phi) is 34.0. The largest absolute Gasteiger partial charge is 0.465 e. The maximum atomic E-state index is 12.3. The summed E-state index contributed by atoms with van der Waals surface area (Å²) < 4.78 is 5.67. The van der Waals surface area contributed by atoms with Gasteiger partial charge in [0.05, 0.1) is 6.61 Å². The molecule has 2 unspecified atom stereocenters. The summed E-state index contributed by atoms with van der Waals surface area (Å²) in [6.07, 6.45) is 41.5. The zero-order valence-electron chi connectivity index (χ0n) is 33.2. The molecule has 3 nitrogen and oxygen atoms in total. The molecule has 0 aromatic heterocycles. The third-order valence-electron chi connectivity index (χ3n) is 10.3. The quantitative estimate of drug-likeness (QED) is 0.0385. The Balaban J connectivity index is 3.92. The van der Waals surface area contributed by atoms with Gasteiger partial charge in [-0.05, 0) is 95.2 Å². The molecule has 0 aliphatic carbocycles. The first-order chi connectivity index (χ1) is 22.8. The Bertz CT molecular complexity index is 712. The Morgan fingerprint density at radius 1 is 0.617 bits per heavy atom. The van der Waals surface area contributed by atoms with Gasteiger partial charge in [0, 0.05) is 6.42 Å². The van der Waals surface area contributed by atoms with Crippen LogP contribution in [0.25, 0.3) is 0 Å².